The molecule has 146 valence electrons. The summed E-state index contributed by atoms with van der Waals surface area (Å²) < 4.78 is 1.95. The average molecular weight is 376 g/mol. The Kier molecular flexibility index (Phi) is 6.64. The van der Waals surface area contributed by atoms with Gasteiger partial charge in [0.1, 0.15) is 0 Å². The van der Waals surface area contributed by atoms with Crippen molar-refractivity contribution in [3.8, 4) is 5.69 Å². The molecule has 0 saturated carbocycles. The zero-order chi connectivity index (χ0) is 19.9. The molecule has 0 bridgehead atoms. The Morgan fingerprint density at radius 3 is 2.36 bits per heavy atom. The molecule has 0 spiro atoms. The van der Waals surface area contributed by atoms with Crippen LogP contribution in [0.4, 0.5) is 5.69 Å². The fourth-order valence-corrected chi connectivity index (χ4v) is 3.40. The standard InChI is InChI=1S/C24H29N3O/c1-4-5-17-26(22-9-7-6-8-10-22)24(28)16-13-21-11-14-23(15-12-21)27-20(3)18-19(2)25-27/h6-12,14-15,18H,4-5,13,16-17H2,1-3H3. The highest BCUT2D eigenvalue weighted by Gasteiger charge is 2.15. The van der Waals surface area contributed by atoms with Crippen molar-refractivity contribution in [1.29, 1.82) is 0 Å². The van der Waals surface area contributed by atoms with Crippen LogP contribution in [-0.4, -0.2) is 22.2 Å². The molecule has 3 aromatic rings. The third kappa shape index (κ3) is 4.89. The lowest BCUT2D eigenvalue weighted by Gasteiger charge is -2.23. The number of hydrogen-bond acceptors (Lipinski definition) is 2. The predicted octanol–water partition coefficient (Wildman–Crippen LogP) is 5.26. The van der Waals surface area contributed by atoms with Gasteiger partial charge >= 0.3 is 0 Å². The van der Waals surface area contributed by atoms with Gasteiger partial charge in [0.2, 0.25) is 5.91 Å². The van der Waals surface area contributed by atoms with Crippen molar-refractivity contribution < 1.29 is 4.79 Å². The van der Waals surface area contributed by atoms with Gasteiger partial charge in [-0.05, 0) is 62.6 Å². The molecule has 0 saturated heterocycles. The lowest BCUT2D eigenvalue weighted by Crippen LogP contribution is -2.32. The van der Waals surface area contributed by atoms with Crippen molar-refractivity contribution >= 4 is 11.6 Å². The summed E-state index contributed by atoms with van der Waals surface area (Å²) in [6.07, 6.45) is 3.34. The van der Waals surface area contributed by atoms with Crippen molar-refractivity contribution in [3.63, 3.8) is 0 Å². The Morgan fingerprint density at radius 1 is 1.04 bits per heavy atom. The van der Waals surface area contributed by atoms with Gasteiger partial charge in [-0.15, -0.1) is 0 Å². The molecule has 3 rings (SSSR count). The van der Waals surface area contributed by atoms with Gasteiger partial charge in [0.15, 0.2) is 0 Å². The van der Waals surface area contributed by atoms with Crippen molar-refractivity contribution in [2.45, 2.75) is 46.5 Å². The number of benzene rings is 2. The Morgan fingerprint density at radius 2 is 1.75 bits per heavy atom. The van der Waals surface area contributed by atoms with E-state index in [-0.39, 0.29) is 5.91 Å². The molecule has 0 unspecified atom stereocenters. The SMILES string of the molecule is CCCCN(C(=O)CCc1ccc(-n2nc(C)cc2C)cc1)c1ccccc1. The van der Waals surface area contributed by atoms with Gasteiger partial charge in [-0.3, -0.25) is 4.79 Å². The first-order valence-electron chi connectivity index (χ1n) is 10.1. The minimum Gasteiger partial charge on any atom is -0.312 e. The Bertz CT molecular complexity index is 897. The summed E-state index contributed by atoms with van der Waals surface area (Å²) in [5.41, 5.74) is 5.34. The van der Waals surface area contributed by atoms with E-state index in [1.807, 2.05) is 46.8 Å². The molecule has 0 aliphatic heterocycles. The van der Waals surface area contributed by atoms with E-state index in [0.717, 1.165) is 48.6 Å². The lowest BCUT2D eigenvalue weighted by atomic mass is 10.1. The van der Waals surface area contributed by atoms with Gasteiger partial charge in [0, 0.05) is 24.3 Å². The van der Waals surface area contributed by atoms with Gasteiger partial charge < -0.3 is 4.90 Å². The Balaban J connectivity index is 1.65. The van der Waals surface area contributed by atoms with Crippen molar-refractivity contribution in [3.05, 3.63) is 77.6 Å². The maximum absolute atomic E-state index is 12.9. The fourth-order valence-electron chi connectivity index (χ4n) is 3.40. The summed E-state index contributed by atoms with van der Waals surface area (Å²) in [6.45, 7) is 6.98. The fraction of sp³-hybridized carbons (Fsp3) is 0.333. The first-order chi connectivity index (χ1) is 13.6. The summed E-state index contributed by atoms with van der Waals surface area (Å²) >= 11 is 0. The van der Waals surface area contributed by atoms with E-state index in [4.69, 9.17) is 0 Å². The molecule has 4 nitrogen and oxygen atoms in total. The van der Waals surface area contributed by atoms with E-state index < -0.39 is 0 Å². The Hall–Kier alpha value is -2.88. The summed E-state index contributed by atoms with van der Waals surface area (Å²) in [4.78, 5) is 14.8. The smallest absolute Gasteiger partial charge is 0.227 e. The zero-order valence-corrected chi connectivity index (χ0v) is 17.1. The number of para-hydroxylation sites is 1. The molecule has 4 heteroatoms. The number of aryl methyl sites for hydroxylation is 3. The van der Waals surface area contributed by atoms with Gasteiger partial charge in [-0.1, -0.05) is 43.7 Å². The number of aromatic nitrogens is 2. The first-order valence-corrected chi connectivity index (χ1v) is 10.1. The minimum absolute atomic E-state index is 0.183. The third-order valence-corrected chi connectivity index (χ3v) is 4.92. The van der Waals surface area contributed by atoms with Crippen molar-refractivity contribution in [2.24, 2.45) is 0 Å². The molecule has 0 fully saturated rings. The lowest BCUT2D eigenvalue weighted by molar-refractivity contribution is -0.118. The highest BCUT2D eigenvalue weighted by molar-refractivity contribution is 5.93. The van der Waals surface area contributed by atoms with Gasteiger partial charge in [0.05, 0.1) is 11.4 Å². The molecule has 1 amide bonds. The predicted molar refractivity (Wildman–Crippen MR) is 115 cm³/mol. The summed E-state index contributed by atoms with van der Waals surface area (Å²) in [6, 6.07) is 20.4. The van der Waals surface area contributed by atoms with Crippen molar-refractivity contribution in [1.82, 2.24) is 9.78 Å². The molecule has 0 atom stereocenters. The van der Waals surface area contributed by atoms with Crippen LogP contribution in [0.1, 0.15) is 43.1 Å². The van der Waals surface area contributed by atoms with E-state index in [1.165, 1.54) is 5.56 Å². The van der Waals surface area contributed by atoms with E-state index in [9.17, 15) is 4.79 Å². The number of anilines is 1. The van der Waals surface area contributed by atoms with Crippen LogP contribution in [-0.2, 0) is 11.2 Å². The van der Waals surface area contributed by atoms with Crippen LogP contribution >= 0.6 is 0 Å². The Labute approximate surface area is 167 Å². The van der Waals surface area contributed by atoms with Crippen molar-refractivity contribution in [2.75, 3.05) is 11.4 Å². The number of hydrogen-bond donors (Lipinski definition) is 0. The zero-order valence-electron chi connectivity index (χ0n) is 17.1. The normalized spacial score (nSPS) is 10.8. The summed E-state index contributed by atoms with van der Waals surface area (Å²) in [5, 5.41) is 4.53. The first kappa shape index (κ1) is 19.9. The highest BCUT2D eigenvalue weighted by atomic mass is 16.2. The number of nitrogens with zero attached hydrogens (tertiary/aromatic N) is 3. The van der Waals surface area contributed by atoms with Crippen LogP contribution in [0.2, 0.25) is 0 Å². The van der Waals surface area contributed by atoms with E-state index in [0.29, 0.717) is 6.42 Å². The topological polar surface area (TPSA) is 38.1 Å². The molecule has 0 aliphatic rings. The minimum atomic E-state index is 0.183. The summed E-state index contributed by atoms with van der Waals surface area (Å²) in [7, 11) is 0. The van der Waals surface area contributed by atoms with E-state index >= 15 is 0 Å². The van der Waals surface area contributed by atoms with Crippen LogP contribution in [0.15, 0.2) is 60.7 Å². The van der Waals surface area contributed by atoms with Crippen LogP contribution in [0, 0.1) is 13.8 Å². The molecule has 0 N–H and O–H groups in total. The quantitative estimate of drug-likeness (QED) is 0.539. The van der Waals surface area contributed by atoms with Crippen LogP contribution < -0.4 is 4.90 Å². The van der Waals surface area contributed by atoms with Gasteiger partial charge in [-0.25, -0.2) is 4.68 Å². The number of rotatable bonds is 8. The third-order valence-electron chi connectivity index (χ3n) is 4.92. The number of unbranched alkanes of at least 4 members (excludes halogenated alkanes) is 1. The second kappa shape index (κ2) is 9.36. The maximum atomic E-state index is 12.9. The molecule has 0 aliphatic carbocycles. The second-order valence-corrected chi connectivity index (χ2v) is 7.24. The molecular weight excluding hydrogens is 346 g/mol. The number of carbonyl (C=O) groups is 1. The van der Waals surface area contributed by atoms with Gasteiger partial charge in [-0.2, -0.15) is 5.10 Å². The van der Waals surface area contributed by atoms with Gasteiger partial charge in [0.25, 0.3) is 0 Å². The summed E-state index contributed by atoms with van der Waals surface area (Å²) in [5.74, 6) is 0.183. The molecule has 1 aromatic heterocycles. The van der Waals surface area contributed by atoms with E-state index in [2.05, 4.69) is 49.3 Å². The molecule has 2 aromatic carbocycles. The van der Waals surface area contributed by atoms with Crippen LogP contribution in [0.5, 0.6) is 0 Å². The highest BCUT2D eigenvalue weighted by Crippen LogP contribution is 2.18. The second-order valence-electron chi connectivity index (χ2n) is 7.24. The number of carbonyl (C=O) groups excluding carboxylic acids is 1. The molecule has 28 heavy (non-hydrogen) atoms. The average Bonchev–Trinajstić information content (AvgIpc) is 3.06. The monoisotopic (exact) mass is 375 g/mol. The maximum Gasteiger partial charge on any atom is 0.227 e. The molecular formula is C24H29N3O. The van der Waals surface area contributed by atoms with Crippen LogP contribution in [0.3, 0.4) is 0 Å². The molecule has 0 radical (unpaired) electrons. The molecule has 1 heterocycles. The van der Waals surface area contributed by atoms with Crippen LogP contribution in [0.25, 0.3) is 5.69 Å². The number of amides is 1. The van der Waals surface area contributed by atoms with E-state index in [1.54, 1.807) is 0 Å². The largest absolute Gasteiger partial charge is 0.312 e.